The van der Waals surface area contributed by atoms with Crippen LogP contribution in [0.25, 0.3) is 11.2 Å². The van der Waals surface area contributed by atoms with Gasteiger partial charge in [-0.25, -0.2) is 19.9 Å². The number of anilines is 1. The van der Waals surface area contributed by atoms with Crippen molar-refractivity contribution in [2.75, 3.05) is 12.4 Å². The van der Waals surface area contributed by atoms with Gasteiger partial charge in [0.2, 0.25) is 5.82 Å². The van der Waals surface area contributed by atoms with E-state index in [1.165, 1.54) is 6.92 Å². The van der Waals surface area contributed by atoms with Gasteiger partial charge >= 0.3 is 0 Å². The molecular formula is C20H19N7O3. The number of ketones is 1. The van der Waals surface area contributed by atoms with E-state index in [4.69, 9.17) is 0 Å². The molecule has 2 saturated carbocycles. The van der Waals surface area contributed by atoms with Gasteiger partial charge in [-0.05, 0) is 31.1 Å². The minimum atomic E-state index is -1.11. The molecule has 0 amide bonds. The fraction of sp³-hybridized carbons (Fsp3) is 0.400. The first-order valence-electron chi connectivity index (χ1n) is 9.55. The highest BCUT2D eigenvalue weighted by Gasteiger charge is 2.74. The highest BCUT2D eigenvalue weighted by atomic mass is 16.3. The second-order valence-corrected chi connectivity index (χ2v) is 7.64. The number of nitrogens with one attached hydrogen (secondary N) is 1. The maximum absolute atomic E-state index is 12.2. The topological polar surface area (TPSA) is 139 Å². The minimum Gasteiger partial charge on any atom is -0.389 e. The fourth-order valence-corrected chi connectivity index (χ4v) is 4.62. The molecule has 10 heteroatoms. The van der Waals surface area contributed by atoms with E-state index in [0.717, 1.165) is 0 Å². The Morgan fingerprint density at radius 1 is 1.27 bits per heavy atom. The first kappa shape index (κ1) is 18.6. The fourth-order valence-electron chi connectivity index (χ4n) is 4.62. The van der Waals surface area contributed by atoms with Crippen molar-refractivity contribution in [3.05, 3.63) is 36.4 Å². The number of nitrogens with zero attached hydrogens (tertiary/aromatic N) is 6. The normalized spacial score (nSPS) is 29.2. The summed E-state index contributed by atoms with van der Waals surface area (Å²) in [5.41, 5.74) is 0.596. The van der Waals surface area contributed by atoms with Gasteiger partial charge in [0.25, 0.3) is 0 Å². The summed E-state index contributed by atoms with van der Waals surface area (Å²) in [4.78, 5) is 33.6. The third kappa shape index (κ3) is 2.52. The van der Waals surface area contributed by atoms with Crippen molar-refractivity contribution in [2.45, 2.75) is 31.6 Å². The molecule has 3 N–H and O–H groups in total. The molecule has 0 bridgehead atoms. The Bertz CT molecular complexity index is 1220. The molecule has 30 heavy (non-hydrogen) atoms. The van der Waals surface area contributed by atoms with Gasteiger partial charge in [-0.15, -0.1) is 0 Å². The molecule has 5 atom stereocenters. The van der Waals surface area contributed by atoms with Crippen molar-refractivity contribution in [1.29, 1.82) is 0 Å². The number of fused-ring (bicyclic) bond motifs is 2. The zero-order valence-electron chi connectivity index (χ0n) is 16.3. The molecule has 2 aliphatic carbocycles. The second kappa shape index (κ2) is 6.55. The van der Waals surface area contributed by atoms with Gasteiger partial charge in [0.05, 0.1) is 30.1 Å². The predicted molar refractivity (Wildman–Crippen MR) is 105 cm³/mol. The number of aliphatic hydroxyl groups excluding tert-OH is 2. The van der Waals surface area contributed by atoms with E-state index < -0.39 is 23.7 Å². The summed E-state index contributed by atoms with van der Waals surface area (Å²) in [5.74, 6) is 6.22. The van der Waals surface area contributed by atoms with Crippen LogP contribution in [0.5, 0.6) is 0 Å². The first-order chi connectivity index (χ1) is 14.5. The summed E-state index contributed by atoms with van der Waals surface area (Å²) >= 11 is 0. The van der Waals surface area contributed by atoms with Crippen molar-refractivity contribution >= 4 is 22.8 Å². The number of imidazole rings is 1. The molecule has 0 aliphatic heterocycles. The molecule has 152 valence electrons. The molecule has 5 rings (SSSR count). The molecule has 0 radical (unpaired) electrons. The Hall–Kier alpha value is -3.42. The van der Waals surface area contributed by atoms with Gasteiger partial charge in [0.1, 0.15) is 17.6 Å². The Labute approximate surface area is 171 Å². The van der Waals surface area contributed by atoms with Crippen LogP contribution in [0.2, 0.25) is 0 Å². The predicted octanol–water partition coefficient (Wildman–Crippen LogP) is -0.0704. The highest BCUT2D eigenvalue weighted by Crippen LogP contribution is 2.68. The summed E-state index contributed by atoms with van der Waals surface area (Å²) in [6, 6.07) is -0.505. The third-order valence-electron chi connectivity index (χ3n) is 6.17. The third-order valence-corrected chi connectivity index (χ3v) is 6.17. The Kier molecular flexibility index (Phi) is 4.06. The summed E-state index contributed by atoms with van der Waals surface area (Å²) in [6.07, 6.45) is 4.55. The van der Waals surface area contributed by atoms with Crippen LogP contribution in [0.4, 0.5) is 5.82 Å². The molecule has 3 aromatic heterocycles. The van der Waals surface area contributed by atoms with Crippen molar-refractivity contribution in [1.82, 2.24) is 29.5 Å². The number of hydrogen-bond donors (Lipinski definition) is 3. The van der Waals surface area contributed by atoms with Crippen molar-refractivity contribution in [2.24, 2.45) is 11.3 Å². The maximum Gasteiger partial charge on any atom is 0.209 e. The molecule has 2 aliphatic rings. The van der Waals surface area contributed by atoms with Crippen LogP contribution in [0, 0.1) is 23.2 Å². The average Bonchev–Trinajstić information content (AvgIpc) is 3.30. The average molecular weight is 405 g/mol. The summed E-state index contributed by atoms with van der Waals surface area (Å²) in [7, 11) is 1.72. The molecule has 2 unspecified atom stereocenters. The summed E-state index contributed by atoms with van der Waals surface area (Å²) in [5, 5.41) is 24.2. The van der Waals surface area contributed by atoms with Crippen LogP contribution in [0.3, 0.4) is 0 Å². The van der Waals surface area contributed by atoms with Gasteiger partial charge < -0.3 is 20.1 Å². The van der Waals surface area contributed by atoms with Crippen LogP contribution in [0.15, 0.2) is 24.9 Å². The van der Waals surface area contributed by atoms with Crippen molar-refractivity contribution in [3.8, 4) is 11.8 Å². The lowest BCUT2D eigenvalue weighted by atomic mass is 9.95. The Morgan fingerprint density at radius 3 is 2.77 bits per heavy atom. The van der Waals surface area contributed by atoms with E-state index in [-0.39, 0.29) is 17.5 Å². The molecular weight excluding hydrogens is 386 g/mol. The zero-order chi connectivity index (χ0) is 21.0. The first-order valence-corrected chi connectivity index (χ1v) is 9.55. The lowest BCUT2D eigenvalue weighted by Gasteiger charge is -2.23. The van der Waals surface area contributed by atoms with Crippen molar-refractivity contribution < 1.29 is 15.0 Å². The van der Waals surface area contributed by atoms with Crippen LogP contribution >= 0.6 is 0 Å². The van der Waals surface area contributed by atoms with Crippen LogP contribution < -0.4 is 5.32 Å². The number of Topliss-reactive ketones (excluding diaryl/α,β-unsaturated/α-hetero) is 1. The lowest BCUT2D eigenvalue weighted by molar-refractivity contribution is -0.128. The van der Waals surface area contributed by atoms with E-state index >= 15 is 0 Å². The molecule has 3 aromatic rings. The van der Waals surface area contributed by atoms with E-state index in [0.29, 0.717) is 29.1 Å². The Balaban J connectivity index is 1.60. The van der Waals surface area contributed by atoms with Crippen molar-refractivity contribution in [3.63, 3.8) is 0 Å². The lowest BCUT2D eigenvalue weighted by Crippen LogP contribution is -2.36. The van der Waals surface area contributed by atoms with Gasteiger partial charge in [-0.2, -0.15) is 0 Å². The molecule has 0 aromatic carbocycles. The van der Waals surface area contributed by atoms with Crippen LogP contribution in [-0.4, -0.2) is 64.7 Å². The van der Waals surface area contributed by atoms with E-state index in [9.17, 15) is 15.0 Å². The van der Waals surface area contributed by atoms with Crippen LogP contribution in [0.1, 0.15) is 30.9 Å². The second-order valence-electron chi connectivity index (χ2n) is 7.64. The molecule has 0 spiro atoms. The maximum atomic E-state index is 12.2. The molecule has 2 fully saturated rings. The van der Waals surface area contributed by atoms with E-state index in [1.807, 2.05) is 0 Å². The van der Waals surface area contributed by atoms with Gasteiger partial charge in [-0.3, -0.25) is 9.78 Å². The number of carbonyl (C=O) groups is 1. The zero-order valence-corrected chi connectivity index (χ0v) is 16.3. The smallest absolute Gasteiger partial charge is 0.209 e. The monoisotopic (exact) mass is 405 g/mol. The molecule has 3 heterocycles. The van der Waals surface area contributed by atoms with Gasteiger partial charge in [0, 0.05) is 19.4 Å². The SMILES string of the molecule is CNc1nc(C#Cc2cnccn2)nc2c1ncn2[C@@H]1C2C[C@]2(C(C)=O)C(O)[C@H]1O. The number of carbonyl (C=O) groups excluding carboxylic acids is 1. The number of aliphatic hydroxyl groups is 2. The minimum absolute atomic E-state index is 0.105. The van der Waals surface area contributed by atoms with Crippen LogP contribution in [-0.2, 0) is 4.79 Å². The summed E-state index contributed by atoms with van der Waals surface area (Å²) < 4.78 is 1.72. The number of rotatable bonds is 3. The highest BCUT2D eigenvalue weighted by molar-refractivity contribution is 5.88. The standard InChI is InChI=1S/C20H19N7O3/c1-10(28)20-7-12(20)15(16(29)17(20)30)27-9-24-14-18(21-2)25-13(26-19(14)27)4-3-11-8-22-5-6-23-11/h5-6,8-9,12,15-17,29-30H,7H2,1-2H3,(H,21,25,26)/t12?,15-,16+,17?,20-/m1/s1. The van der Waals surface area contributed by atoms with E-state index in [2.05, 4.69) is 42.1 Å². The van der Waals surface area contributed by atoms with Gasteiger partial charge in [-0.1, -0.05) is 0 Å². The van der Waals surface area contributed by atoms with Gasteiger partial charge in [0.15, 0.2) is 17.0 Å². The number of aromatic nitrogens is 6. The quantitative estimate of drug-likeness (QED) is 0.511. The molecule has 10 nitrogen and oxygen atoms in total. The molecule has 0 saturated heterocycles. The Morgan fingerprint density at radius 2 is 2.10 bits per heavy atom. The number of hydrogen-bond acceptors (Lipinski definition) is 9. The summed E-state index contributed by atoms with van der Waals surface area (Å²) in [6.45, 7) is 1.46. The van der Waals surface area contributed by atoms with E-state index in [1.54, 1.807) is 36.5 Å². The largest absolute Gasteiger partial charge is 0.389 e.